The van der Waals surface area contributed by atoms with E-state index in [9.17, 15) is 0 Å². The van der Waals surface area contributed by atoms with Crippen LogP contribution in [-0.2, 0) is 0 Å². The van der Waals surface area contributed by atoms with Crippen LogP contribution in [0.15, 0.2) is 12.1 Å². The van der Waals surface area contributed by atoms with Gasteiger partial charge in [0.05, 0.1) is 5.69 Å². The van der Waals surface area contributed by atoms with Crippen LogP contribution in [0.2, 0.25) is 0 Å². The molecule has 2 rings (SSSR count). The van der Waals surface area contributed by atoms with E-state index in [0.717, 1.165) is 5.69 Å². The van der Waals surface area contributed by atoms with Gasteiger partial charge in [-0.2, -0.15) is 5.10 Å². The smallest absolute Gasteiger partial charge is 0.135 e. The zero-order valence-electron chi connectivity index (χ0n) is 6.12. The normalized spacial score (nSPS) is 15.9. The largest absolute Gasteiger partial charge is 0.154 e. The maximum Gasteiger partial charge on any atom is 0.135 e. The predicted octanol–water partition coefficient (Wildman–Crippen LogP) is 1.34. The first-order valence-corrected chi connectivity index (χ1v) is 3.70. The van der Waals surface area contributed by atoms with Gasteiger partial charge in [-0.05, 0) is 30.9 Å². The molecule has 0 radical (unpaired) electrons. The molecule has 2 nitrogen and oxygen atoms in total. The first-order chi connectivity index (χ1) is 5.40. The van der Waals surface area contributed by atoms with Gasteiger partial charge in [0.1, 0.15) is 5.69 Å². The van der Waals surface area contributed by atoms with Gasteiger partial charge in [-0.15, -0.1) is 11.5 Å². The SMILES string of the molecule is C#Cc1ccc(C2CC2)nn1. The summed E-state index contributed by atoms with van der Waals surface area (Å²) >= 11 is 0. The van der Waals surface area contributed by atoms with Crippen molar-refractivity contribution in [1.29, 1.82) is 0 Å². The predicted molar refractivity (Wildman–Crippen MR) is 41.9 cm³/mol. The fourth-order valence-electron chi connectivity index (χ4n) is 1.02. The molecular weight excluding hydrogens is 136 g/mol. The van der Waals surface area contributed by atoms with Gasteiger partial charge >= 0.3 is 0 Å². The van der Waals surface area contributed by atoms with E-state index >= 15 is 0 Å². The highest BCUT2D eigenvalue weighted by atomic mass is 15.1. The Bertz CT molecular complexity index is 290. The van der Waals surface area contributed by atoms with Gasteiger partial charge in [0.25, 0.3) is 0 Å². The second kappa shape index (κ2) is 2.35. The third kappa shape index (κ3) is 1.22. The minimum absolute atomic E-state index is 0.620. The molecule has 1 aliphatic carbocycles. The van der Waals surface area contributed by atoms with Crippen LogP contribution in [0.5, 0.6) is 0 Å². The number of terminal acetylenes is 1. The summed E-state index contributed by atoms with van der Waals surface area (Å²) < 4.78 is 0. The Morgan fingerprint density at radius 3 is 2.64 bits per heavy atom. The van der Waals surface area contributed by atoms with Crippen molar-refractivity contribution < 1.29 is 0 Å². The fraction of sp³-hybridized carbons (Fsp3) is 0.333. The van der Waals surface area contributed by atoms with Crippen LogP contribution in [0.1, 0.15) is 30.1 Å². The third-order valence-electron chi connectivity index (χ3n) is 1.83. The lowest BCUT2D eigenvalue weighted by atomic mass is 10.2. The lowest BCUT2D eigenvalue weighted by Crippen LogP contribution is -1.91. The molecular formula is C9H8N2. The van der Waals surface area contributed by atoms with E-state index in [0.29, 0.717) is 11.6 Å². The summed E-state index contributed by atoms with van der Waals surface area (Å²) in [6, 6.07) is 3.82. The molecule has 1 aliphatic rings. The standard InChI is InChI=1S/C9H8N2/c1-2-8-5-6-9(11-10-8)7-3-4-7/h1,5-7H,3-4H2. The lowest BCUT2D eigenvalue weighted by Gasteiger charge is -1.93. The molecule has 0 bridgehead atoms. The van der Waals surface area contributed by atoms with E-state index in [1.165, 1.54) is 12.8 Å². The van der Waals surface area contributed by atoms with Gasteiger partial charge in [-0.1, -0.05) is 0 Å². The fourth-order valence-corrected chi connectivity index (χ4v) is 1.02. The summed E-state index contributed by atoms with van der Waals surface area (Å²) in [6.45, 7) is 0. The lowest BCUT2D eigenvalue weighted by molar-refractivity contribution is 0.902. The number of rotatable bonds is 1. The third-order valence-corrected chi connectivity index (χ3v) is 1.83. The molecule has 1 fully saturated rings. The van der Waals surface area contributed by atoms with Crippen LogP contribution in [0.3, 0.4) is 0 Å². The topological polar surface area (TPSA) is 25.8 Å². The molecule has 54 valence electrons. The Morgan fingerprint density at radius 2 is 2.18 bits per heavy atom. The Kier molecular flexibility index (Phi) is 1.36. The van der Waals surface area contributed by atoms with Crippen LogP contribution < -0.4 is 0 Å². The average molecular weight is 144 g/mol. The van der Waals surface area contributed by atoms with Crippen molar-refractivity contribution in [2.24, 2.45) is 0 Å². The van der Waals surface area contributed by atoms with Crippen molar-refractivity contribution in [1.82, 2.24) is 10.2 Å². The maximum atomic E-state index is 5.14. The highest BCUT2D eigenvalue weighted by Gasteiger charge is 2.24. The molecule has 0 N–H and O–H groups in total. The van der Waals surface area contributed by atoms with E-state index in [1.54, 1.807) is 0 Å². The van der Waals surface area contributed by atoms with Gasteiger partial charge in [0, 0.05) is 5.92 Å². The molecule has 0 aromatic carbocycles. The first kappa shape index (κ1) is 6.36. The summed E-state index contributed by atoms with van der Waals surface area (Å²) in [5.74, 6) is 3.10. The summed E-state index contributed by atoms with van der Waals surface area (Å²) in [4.78, 5) is 0. The van der Waals surface area contributed by atoms with E-state index in [1.807, 2.05) is 12.1 Å². The second-order valence-electron chi connectivity index (χ2n) is 2.76. The average Bonchev–Trinajstić information content (AvgIpc) is 2.87. The van der Waals surface area contributed by atoms with Gasteiger partial charge in [0.15, 0.2) is 0 Å². The van der Waals surface area contributed by atoms with Crippen LogP contribution in [-0.4, -0.2) is 10.2 Å². The molecule has 0 atom stereocenters. The van der Waals surface area contributed by atoms with Crippen LogP contribution in [0.25, 0.3) is 0 Å². The minimum Gasteiger partial charge on any atom is -0.154 e. The second-order valence-corrected chi connectivity index (χ2v) is 2.76. The monoisotopic (exact) mass is 144 g/mol. The first-order valence-electron chi connectivity index (χ1n) is 3.70. The van der Waals surface area contributed by atoms with Crippen molar-refractivity contribution in [2.75, 3.05) is 0 Å². The zero-order chi connectivity index (χ0) is 7.68. The minimum atomic E-state index is 0.620. The van der Waals surface area contributed by atoms with Gasteiger partial charge in [0.2, 0.25) is 0 Å². The molecule has 2 heteroatoms. The highest BCUT2D eigenvalue weighted by molar-refractivity contribution is 5.25. The van der Waals surface area contributed by atoms with Crippen molar-refractivity contribution in [2.45, 2.75) is 18.8 Å². The molecule has 0 unspecified atom stereocenters. The Morgan fingerprint density at radius 1 is 1.36 bits per heavy atom. The molecule has 1 heterocycles. The number of hydrogen-bond acceptors (Lipinski definition) is 2. The Balaban J connectivity index is 2.27. The zero-order valence-corrected chi connectivity index (χ0v) is 6.12. The molecule has 0 saturated heterocycles. The summed E-state index contributed by atoms with van der Waals surface area (Å²) in [6.07, 6.45) is 7.65. The van der Waals surface area contributed by atoms with Crippen LogP contribution >= 0.6 is 0 Å². The molecule has 11 heavy (non-hydrogen) atoms. The van der Waals surface area contributed by atoms with Crippen molar-refractivity contribution in [3.8, 4) is 12.3 Å². The summed E-state index contributed by atoms with van der Waals surface area (Å²) in [5.41, 5.74) is 1.71. The molecule has 0 aliphatic heterocycles. The molecule has 0 amide bonds. The number of aromatic nitrogens is 2. The highest BCUT2D eigenvalue weighted by Crippen LogP contribution is 2.38. The van der Waals surface area contributed by atoms with Crippen molar-refractivity contribution in [3.63, 3.8) is 0 Å². The van der Waals surface area contributed by atoms with E-state index in [4.69, 9.17) is 6.42 Å². The quantitative estimate of drug-likeness (QED) is 0.556. The van der Waals surface area contributed by atoms with E-state index in [2.05, 4.69) is 16.1 Å². The molecule has 0 spiro atoms. The number of nitrogens with zero attached hydrogens (tertiary/aromatic N) is 2. The van der Waals surface area contributed by atoms with Gasteiger partial charge in [-0.25, -0.2) is 0 Å². The molecule has 1 saturated carbocycles. The Labute approximate surface area is 65.7 Å². The maximum absolute atomic E-state index is 5.14. The molecule has 1 aromatic rings. The van der Waals surface area contributed by atoms with Gasteiger partial charge in [-0.3, -0.25) is 0 Å². The van der Waals surface area contributed by atoms with Crippen LogP contribution in [0.4, 0.5) is 0 Å². The summed E-state index contributed by atoms with van der Waals surface area (Å²) in [7, 11) is 0. The van der Waals surface area contributed by atoms with E-state index in [-0.39, 0.29) is 0 Å². The van der Waals surface area contributed by atoms with Gasteiger partial charge < -0.3 is 0 Å². The van der Waals surface area contributed by atoms with Crippen molar-refractivity contribution >= 4 is 0 Å². The van der Waals surface area contributed by atoms with Crippen molar-refractivity contribution in [3.05, 3.63) is 23.5 Å². The number of hydrogen-bond donors (Lipinski definition) is 0. The van der Waals surface area contributed by atoms with E-state index < -0.39 is 0 Å². The van der Waals surface area contributed by atoms with Crippen LogP contribution in [0, 0.1) is 12.3 Å². The summed E-state index contributed by atoms with van der Waals surface area (Å²) in [5, 5.41) is 7.89. The Hall–Kier alpha value is -1.36. The molecule has 1 aromatic heterocycles.